The van der Waals surface area contributed by atoms with Gasteiger partial charge in [0.1, 0.15) is 0 Å². The van der Waals surface area contributed by atoms with Gasteiger partial charge < -0.3 is 0 Å². The summed E-state index contributed by atoms with van der Waals surface area (Å²) in [5.41, 5.74) is 0. The molecule has 0 amide bonds. The van der Waals surface area contributed by atoms with Crippen LogP contribution in [0.1, 0.15) is 0 Å². The Labute approximate surface area is 294 Å². The quantitative estimate of drug-likeness (QED) is 0.171. The third kappa shape index (κ3) is 6.15. The van der Waals surface area contributed by atoms with Crippen molar-refractivity contribution in [1.82, 2.24) is 0 Å². The first-order chi connectivity index (χ1) is 18.2. The number of hydrogen-bond donors (Lipinski definition) is 2. The van der Waals surface area contributed by atoms with Gasteiger partial charge in [-0.1, -0.05) is 0 Å². The van der Waals surface area contributed by atoms with E-state index in [2.05, 4.69) is 0 Å². The summed E-state index contributed by atoms with van der Waals surface area (Å²) in [4.78, 5) is 0. The monoisotopic (exact) mass is 846 g/mol. The van der Waals surface area contributed by atoms with Crippen LogP contribution in [0.25, 0.3) is 0 Å². The van der Waals surface area contributed by atoms with Crippen molar-refractivity contribution < 1.29 is 131 Å². The van der Waals surface area contributed by atoms with Crippen molar-refractivity contribution in [3.05, 3.63) is 0 Å². The van der Waals surface area contributed by atoms with Crippen LogP contribution in [-0.2, 0) is 20.2 Å². The van der Waals surface area contributed by atoms with Crippen molar-refractivity contribution in [1.29, 1.82) is 0 Å². The van der Waals surface area contributed by atoms with E-state index in [4.69, 9.17) is 9.11 Å². The van der Waals surface area contributed by atoms with E-state index in [1.165, 1.54) is 0 Å². The van der Waals surface area contributed by atoms with Crippen molar-refractivity contribution in [3.8, 4) is 0 Å². The second kappa shape index (κ2) is 12.7. The molecule has 0 heterocycles. The van der Waals surface area contributed by atoms with Crippen molar-refractivity contribution in [2.75, 3.05) is 0 Å². The maximum absolute atomic E-state index is 14.2. The molecule has 1 atom stereocenters. The summed E-state index contributed by atoms with van der Waals surface area (Å²) in [5.74, 6) is -86.2. The Bertz CT molecular complexity index is 1340. The Kier molecular flexibility index (Phi) is 14.1. The minimum atomic E-state index is -9.89. The zero-order valence-electron chi connectivity index (χ0n) is 18.4. The molecule has 0 aliphatic heterocycles. The molecule has 34 heteroatoms. The first-order valence-corrected chi connectivity index (χ1v) is 11.6. The molecule has 0 rings (SSSR count). The Morgan fingerprint density at radius 1 is 0.304 bits per heavy atom. The van der Waals surface area contributed by atoms with Crippen LogP contribution in [0.15, 0.2) is 0 Å². The molecule has 0 fully saturated rings. The van der Waals surface area contributed by atoms with Crippen molar-refractivity contribution in [2.45, 2.75) is 69.7 Å². The molecule has 6 nitrogen and oxygen atoms in total. The topological polar surface area (TPSA) is 109 Å². The van der Waals surface area contributed by atoms with Gasteiger partial charge in [0.2, 0.25) is 0 Å². The van der Waals surface area contributed by atoms with Crippen LogP contribution in [0.5, 0.6) is 0 Å². The van der Waals surface area contributed by atoms with Gasteiger partial charge in [-0.25, -0.2) is 4.39 Å². The van der Waals surface area contributed by atoms with E-state index in [1.54, 1.807) is 0 Å². The van der Waals surface area contributed by atoms with Gasteiger partial charge in [0.15, 0.2) is 0 Å². The van der Waals surface area contributed by atoms with Gasteiger partial charge in [0.25, 0.3) is 0 Å². The molecule has 0 aromatic rings. The van der Waals surface area contributed by atoms with Gasteiger partial charge in [0.05, 0.1) is 0 Å². The average Bonchev–Trinajstić information content (AvgIpc) is 2.74. The van der Waals surface area contributed by atoms with Crippen molar-refractivity contribution >= 4 is 95.7 Å². The fraction of sp³-hybridized carbons (Fsp3) is 1.00. The fourth-order valence-corrected chi connectivity index (χ4v) is 4.27. The molecule has 46 heavy (non-hydrogen) atoms. The molecule has 0 aliphatic carbocycles. The van der Waals surface area contributed by atoms with Crippen LogP contribution < -0.4 is 0 Å². The predicted octanol–water partition coefficient (Wildman–Crippen LogP) is 4.47. The van der Waals surface area contributed by atoms with Crippen LogP contribution >= 0.6 is 0 Å². The summed E-state index contributed by atoms with van der Waals surface area (Å²) in [5, 5.41) is -17.4. The molecule has 0 aliphatic rings. The van der Waals surface area contributed by atoms with E-state index in [-0.39, 0.29) is 75.5 Å². The van der Waals surface area contributed by atoms with E-state index < -0.39 is 90.0 Å². The SMILES string of the molecule is O=S(=O)(O)C(F)(F)C(F)(C(F)(F)C(F)(F)C(F)(F)C(F)(F)C(F)(F)C(F)(F)C(F)(F)C(F)(F)C(F)(F)C(F)(F)F)S(=O)(=O)O.[CaH2].[CaH2]. The first kappa shape index (κ1) is 51.0. The summed E-state index contributed by atoms with van der Waals surface area (Å²) in [6.07, 6.45) is -8.27. The molecular formula is C12H6Ca2F24O6S2. The maximum atomic E-state index is 14.2. The third-order valence-corrected chi connectivity index (χ3v) is 7.25. The Hall–Kier alpha value is 0.659. The number of alkyl halides is 24. The molecule has 274 valence electrons. The zero-order chi connectivity index (χ0) is 37.0. The molecule has 0 spiro atoms. The minimum absolute atomic E-state index is 0. The Morgan fingerprint density at radius 3 is 0.630 bits per heavy atom. The zero-order valence-corrected chi connectivity index (χ0v) is 20.0. The normalized spacial score (nSPS) is 17.5. The van der Waals surface area contributed by atoms with E-state index >= 15 is 0 Å². The summed E-state index contributed by atoms with van der Waals surface area (Å²) in [7, 11) is -17.5. The molecule has 1 unspecified atom stereocenters. The van der Waals surface area contributed by atoms with E-state index in [1.807, 2.05) is 0 Å². The van der Waals surface area contributed by atoms with Gasteiger partial charge in [-0.05, 0) is 0 Å². The second-order valence-corrected chi connectivity index (χ2v) is 10.7. The number of hydrogen-bond acceptors (Lipinski definition) is 4. The van der Waals surface area contributed by atoms with Gasteiger partial charge in [0, 0.05) is 0 Å². The number of rotatable bonds is 12. The summed E-state index contributed by atoms with van der Waals surface area (Å²) >= 11 is 0. The predicted molar refractivity (Wildman–Crippen MR) is 99.5 cm³/mol. The molecule has 0 saturated carbocycles. The average molecular weight is 846 g/mol. The van der Waals surface area contributed by atoms with Crippen LogP contribution in [0.4, 0.5) is 105 Å². The van der Waals surface area contributed by atoms with Gasteiger partial charge >= 0.3 is 165 Å². The molecule has 0 radical (unpaired) electrons. The molecule has 0 saturated heterocycles. The molecule has 0 aromatic heterocycles. The standard InChI is InChI=1S/C12H2F24O6S2.2Ca.4H/c13-1(14,3(17,18)5(21,22)7(25,26)9(29,30)11(32,33)34)2(15,16)4(19,20)6(23,24)8(27,28)10(31,43(37,38)39)12(35,36)44(40,41)42;;;;;;/h(H,37,38,39)(H,40,41,42);;;;;;. The summed E-state index contributed by atoms with van der Waals surface area (Å²) in [6.45, 7) is 0. The van der Waals surface area contributed by atoms with Crippen LogP contribution in [-0.4, -0.2) is 171 Å². The molecule has 2 N–H and O–H groups in total. The van der Waals surface area contributed by atoms with Gasteiger partial charge in [-0.2, -0.15) is 118 Å². The number of halogens is 24. The van der Waals surface area contributed by atoms with Crippen molar-refractivity contribution in [2.24, 2.45) is 0 Å². The van der Waals surface area contributed by atoms with Crippen LogP contribution in [0.2, 0.25) is 0 Å². The Morgan fingerprint density at radius 2 is 0.478 bits per heavy atom. The van der Waals surface area contributed by atoms with Crippen LogP contribution in [0, 0.1) is 0 Å². The summed E-state index contributed by atoms with van der Waals surface area (Å²) < 4.78 is 378. The van der Waals surface area contributed by atoms with E-state index in [0.29, 0.717) is 0 Å². The van der Waals surface area contributed by atoms with E-state index in [9.17, 15) is 122 Å². The summed E-state index contributed by atoms with van der Waals surface area (Å²) in [6, 6.07) is 0. The van der Waals surface area contributed by atoms with Gasteiger partial charge in [-0.3, -0.25) is 9.11 Å². The van der Waals surface area contributed by atoms with Crippen LogP contribution in [0.3, 0.4) is 0 Å². The molecular weight excluding hydrogens is 840 g/mol. The van der Waals surface area contributed by atoms with Gasteiger partial charge in [-0.15, -0.1) is 0 Å². The molecule has 0 aromatic carbocycles. The third-order valence-electron chi connectivity index (χ3n) is 4.97. The van der Waals surface area contributed by atoms with E-state index in [0.717, 1.165) is 0 Å². The molecule has 0 bridgehead atoms. The van der Waals surface area contributed by atoms with Crippen molar-refractivity contribution in [3.63, 3.8) is 0 Å². The first-order valence-electron chi connectivity index (χ1n) is 8.73. The Balaban J connectivity index is -0.00000924. The second-order valence-electron chi connectivity index (χ2n) is 7.73. The fourth-order valence-electron chi connectivity index (χ4n) is 2.42.